The van der Waals surface area contributed by atoms with Gasteiger partial charge in [-0.2, -0.15) is 4.98 Å². The molecule has 2 aromatic rings. The molecule has 2 atom stereocenters. The van der Waals surface area contributed by atoms with Gasteiger partial charge in [-0.25, -0.2) is 0 Å². The molecule has 5 nitrogen and oxygen atoms in total. The summed E-state index contributed by atoms with van der Waals surface area (Å²) in [7, 11) is 0. The third-order valence-corrected chi connectivity index (χ3v) is 3.97. The van der Waals surface area contributed by atoms with Crippen molar-refractivity contribution in [1.82, 2.24) is 15.2 Å². The van der Waals surface area contributed by atoms with Gasteiger partial charge in [0.1, 0.15) is 0 Å². The van der Waals surface area contributed by atoms with Gasteiger partial charge in [-0.3, -0.25) is 0 Å². The third kappa shape index (κ3) is 2.29. The molecule has 3 rings (SSSR count). The Hall–Kier alpha value is -1.88. The number of nitrogens with one attached hydrogen (secondary N) is 1. The fourth-order valence-electron chi connectivity index (χ4n) is 2.71. The van der Waals surface area contributed by atoms with Gasteiger partial charge in [0.25, 0.3) is 0 Å². The van der Waals surface area contributed by atoms with Gasteiger partial charge in [0.2, 0.25) is 5.95 Å². The zero-order chi connectivity index (χ0) is 14.3. The summed E-state index contributed by atoms with van der Waals surface area (Å²) in [6.07, 6.45) is 1.05. The van der Waals surface area contributed by atoms with Crippen LogP contribution in [0.1, 0.15) is 29.7 Å². The van der Waals surface area contributed by atoms with Gasteiger partial charge in [0, 0.05) is 0 Å². The highest BCUT2D eigenvalue weighted by Gasteiger charge is 2.30. The fraction of sp³-hybridized carbons (Fsp3) is 0.357. The molecule has 1 aliphatic rings. The number of aryl methyl sites for hydroxylation is 1. The number of nitrogens with two attached hydrogens (primary N) is 1. The molecule has 1 aromatic carbocycles. The summed E-state index contributed by atoms with van der Waals surface area (Å²) in [5, 5.41) is 11.2. The molecule has 0 saturated carbocycles. The monoisotopic (exact) mass is 289 g/mol. The molecule has 0 amide bonds. The highest BCUT2D eigenvalue weighted by molar-refractivity contribution is 6.31. The van der Waals surface area contributed by atoms with Crippen LogP contribution >= 0.6 is 11.6 Å². The van der Waals surface area contributed by atoms with Crippen molar-refractivity contribution in [2.75, 3.05) is 11.1 Å². The fourth-order valence-corrected chi connectivity index (χ4v) is 2.79. The van der Waals surface area contributed by atoms with Gasteiger partial charge in [0.15, 0.2) is 11.0 Å². The Morgan fingerprint density at radius 2 is 2.15 bits per heavy atom. The quantitative estimate of drug-likeness (QED) is 0.889. The summed E-state index contributed by atoms with van der Waals surface area (Å²) >= 11 is 5.74. The van der Waals surface area contributed by atoms with Crippen LogP contribution in [0.4, 0.5) is 11.8 Å². The molecule has 0 saturated heterocycles. The van der Waals surface area contributed by atoms with Crippen LogP contribution in [0, 0.1) is 12.8 Å². The van der Waals surface area contributed by atoms with Gasteiger partial charge in [-0.05, 0) is 30.4 Å². The summed E-state index contributed by atoms with van der Waals surface area (Å²) < 4.78 is 0. The summed E-state index contributed by atoms with van der Waals surface area (Å²) in [6, 6.07) is 6.72. The highest BCUT2D eigenvalue weighted by Crippen LogP contribution is 2.38. The lowest BCUT2D eigenvalue weighted by Gasteiger charge is -2.18. The van der Waals surface area contributed by atoms with Crippen LogP contribution in [-0.2, 0) is 6.42 Å². The predicted molar refractivity (Wildman–Crippen MR) is 79.7 cm³/mol. The largest absolute Gasteiger partial charge is 0.381 e. The van der Waals surface area contributed by atoms with E-state index in [1.807, 2.05) is 0 Å². The minimum Gasteiger partial charge on any atom is -0.381 e. The first-order valence-electron chi connectivity index (χ1n) is 6.56. The molecule has 1 aromatic heterocycles. The number of aromatic nitrogens is 3. The van der Waals surface area contributed by atoms with E-state index < -0.39 is 0 Å². The number of fused-ring (bicyclic) bond motifs is 1. The van der Waals surface area contributed by atoms with Crippen LogP contribution in [0.3, 0.4) is 0 Å². The molecule has 1 aliphatic carbocycles. The van der Waals surface area contributed by atoms with Crippen LogP contribution in [-0.4, -0.2) is 15.2 Å². The first-order valence-corrected chi connectivity index (χ1v) is 6.94. The molecule has 3 N–H and O–H groups in total. The van der Waals surface area contributed by atoms with Gasteiger partial charge in [-0.15, -0.1) is 10.2 Å². The minimum absolute atomic E-state index is 0.131. The average molecular weight is 290 g/mol. The number of hydrogen-bond acceptors (Lipinski definition) is 5. The number of nitrogen functional groups attached to an aromatic ring is 1. The molecule has 0 radical (unpaired) electrons. The first-order chi connectivity index (χ1) is 9.54. The van der Waals surface area contributed by atoms with Crippen molar-refractivity contribution in [3.8, 4) is 0 Å². The second-order valence-electron chi connectivity index (χ2n) is 5.32. The number of benzene rings is 1. The lowest BCUT2D eigenvalue weighted by Crippen LogP contribution is -2.17. The standard InChI is InChI=1S/C14H16ClN5/c1-7-3-4-9-6-8(2)11(10(9)5-7)17-14-18-13(16)12(15)19-20-14/h3-5,8,11H,6H2,1-2H3,(H3,16,17,18,20)/t8-,11+/m0/s1. The van der Waals surface area contributed by atoms with Crippen LogP contribution in [0.15, 0.2) is 18.2 Å². The van der Waals surface area contributed by atoms with E-state index in [1.165, 1.54) is 16.7 Å². The van der Waals surface area contributed by atoms with E-state index >= 15 is 0 Å². The zero-order valence-corrected chi connectivity index (χ0v) is 12.1. The molecule has 20 heavy (non-hydrogen) atoms. The Bertz CT molecular complexity index is 658. The van der Waals surface area contributed by atoms with E-state index in [9.17, 15) is 0 Å². The maximum atomic E-state index is 5.74. The number of halogens is 1. The molecule has 0 unspecified atom stereocenters. The predicted octanol–water partition coefficient (Wildman–Crippen LogP) is 2.76. The van der Waals surface area contributed by atoms with Crippen LogP contribution in [0.25, 0.3) is 0 Å². The van der Waals surface area contributed by atoms with E-state index in [0.717, 1.165) is 6.42 Å². The van der Waals surface area contributed by atoms with E-state index in [2.05, 4.69) is 52.5 Å². The molecule has 104 valence electrons. The topological polar surface area (TPSA) is 76.7 Å². The van der Waals surface area contributed by atoms with Gasteiger partial charge >= 0.3 is 0 Å². The smallest absolute Gasteiger partial charge is 0.245 e. The second kappa shape index (κ2) is 4.90. The normalized spacial score (nSPS) is 20.8. The SMILES string of the molecule is Cc1ccc2c(c1)[C@H](Nc1nnc(Cl)c(N)n1)[C@@H](C)C2. The molecule has 0 bridgehead atoms. The van der Waals surface area contributed by atoms with E-state index in [4.69, 9.17) is 17.3 Å². The van der Waals surface area contributed by atoms with Crippen molar-refractivity contribution in [3.05, 3.63) is 40.0 Å². The van der Waals surface area contributed by atoms with Crippen LogP contribution < -0.4 is 11.1 Å². The van der Waals surface area contributed by atoms with Gasteiger partial charge in [0.05, 0.1) is 6.04 Å². The Morgan fingerprint density at radius 3 is 2.90 bits per heavy atom. The molecule has 0 spiro atoms. The molecular weight excluding hydrogens is 274 g/mol. The average Bonchev–Trinajstić information content (AvgIpc) is 2.70. The summed E-state index contributed by atoms with van der Waals surface area (Å²) in [5.74, 6) is 1.07. The van der Waals surface area contributed by atoms with Crippen molar-refractivity contribution in [1.29, 1.82) is 0 Å². The molecule has 1 heterocycles. The van der Waals surface area contributed by atoms with Crippen molar-refractivity contribution in [2.24, 2.45) is 5.92 Å². The lowest BCUT2D eigenvalue weighted by molar-refractivity contribution is 0.538. The molecule has 0 fully saturated rings. The van der Waals surface area contributed by atoms with Gasteiger partial charge in [-0.1, -0.05) is 42.3 Å². The molecule has 6 heteroatoms. The summed E-state index contributed by atoms with van der Waals surface area (Å²) in [5.41, 5.74) is 9.58. The van der Waals surface area contributed by atoms with Gasteiger partial charge < -0.3 is 11.1 Å². The number of rotatable bonds is 2. The number of hydrogen-bond donors (Lipinski definition) is 2. The highest BCUT2D eigenvalue weighted by atomic mass is 35.5. The Balaban J connectivity index is 1.91. The second-order valence-corrected chi connectivity index (χ2v) is 5.68. The Kier molecular flexibility index (Phi) is 3.22. The number of anilines is 2. The Labute approximate surface area is 122 Å². The van der Waals surface area contributed by atoms with Crippen molar-refractivity contribution >= 4 is 23.4 Å². The zero-order valence-electron chi connectivity index (χ0n) is 11.4. The minimum atomic E-state index is 0.131. The van der Waals surface area contributed by atoms with E-state index in [0.29, 0.717) is 11.9 Å². The maximum Gasteiger partial charge on any atom is 0.245 e. The molecule has 0 aliphatic heterocycles. The van der Waals surface area contributed by atoms with Crippen molar-refractivity contribution < 1.29 is 0 Å². The third-order valence-electron chi connectivity index (χ3n) is 3.70. The Morgan fingerprint density at radius 1 is 1.35 bits per heavy atom. The number of nitrogens with zero attached hydrogens (tertiary/aromatic N) is 3. The maximum absolute atomic E-state index is 5.74. The summed E-state index contributed by atoms with van der Waals surface area (Å²) in [4.78, 5) is 4.13. The molecular formula is C14H16ClN5. The van der Waals surface area contributed by atoms with E-state index in [-0.39, 0.29) is 17.0 Å². The summed E-state index contributed by atoms with van der Waals surface area (Å²) in [6.45, 7) is 4.30. The lowest BCUT2D eigenvalue weighted by atomic mass is 10.0. The van der Waals surface area contributed by atoms with Crippen molar-refractivity contribution in [2.45, 2.75) is 26.3 Å². The first kappa shape index (κ1) is 13.1. The van der Waals surface area contributed by atoms with Crippen LogP contribution in [0.5, 0.6) is 0 Å². The van der Waals surface area contributed by atoms with Crippen molar-refractivity contribution in [3.63, 3.8) is 0 Å². The van der Waals surface area contributed by atoms with E-state index in [1.54, 1.807) is 0 Å². The van der Waals surface area contributed by atoms with Crippen LogP contribution in [0.2, 0.25) is 5.15 Å².